The van der Waals surface area contributed by atoms with Crippen LogP contribution in [-0.2, 0) is 4.79 Å². The summed E-state index contributed by atoms with van der Waals surface area (Å²) in [6.07, 6.45) is -2.72. The summed E-state index contributed by atoms with van der Waals surface area (Å²) in [6, 6.07) is 1.31. The van der Waals surface area contributed by atoms with E-state index in [0.717, 1.165) is 11.3 Å². The van der Waals surface area contributed by atoms with Crippen molar-refractivity contribution in [2.24, 2.45) is 17.3 Å². The Kier molecular flexibility index (Phi) is 8.03. The van der Waals surface area contributed by atoms with E-state index in [4.69, 9.17) is 0 Å². The van der Waals surface area contributed by atoms with Crippen LogP contribution >= 0.6 is 11.3 Å². The maximum absolute atomic E-state index is 13.7. The Bertz CT molecular complexity index is 954. The molecule has 2 aliphatic carbocycles. The van der Waals surface area contributed by atoms with Crippen molar-refractivity contribution in [1.82, 2.24) is 0 Å². The lowest BCUT2D eigenvalue weighted by Crippen LogP contribution is -2.47. The molecule has 188 valence electrons. The Morgan fingerprint density at radius 1 is 1.03 bits per heavy atom. The second-order valence-electron chi connectivity index (χ2n) is 10.4. The van der Waals surface area contributed by atoms with Crippen molar-refractivity contribution in [2.75, 3.05) is 4.90 Å². The van der Waals surface area contributed by atoms with E-state index in [1.165, 1.54) is 4.90 Å². The standard InChI is InChI=1S/C25H32F3NO4S/c1-24(2,3)13-12-19-14-20(21(34-19)23(32)33)29(17-8-10-18(30)11-9-17)22(31)15-4-6-16(7-5-15)25(26,27)28/h14-18,30H,4-11H2,1-3H3,(H,32,33). The molecule has 1 heterocycles. The molecule has 2 N–H and O–H groups in total. The molecule has 0 spiro atoms. The Balaban J connectivity index is 1.95. The molecule has 1 aromatic rings. The minimum absolute atomic E-state index is 0.00154. The highest BCUT2D eigenvalue weighted by molar-refractivity contribution is 7.15. The molecule has 3 rings (SSSR count). The number of rotatable bonds is 4. The molecule has 2 aliphatic rings. The Hall–Kier alpha value is -2.05. The van der Waals surface area contributed by atoms with Crippen LogP contribution in [0.3, 0.4) is 0 Å². The quantitative estimate of drug-likeness (QED) is 0.510. The van der Waals surface area contributed by atoms with E-state index in [1.807, 2.05) is 20.8 Å². The van der Waals surface area contributed by atoms with E-state index in [1.54, 1.807) is 6.07 Å². The molecular weight excluding hydrogens is 467 g/mol. The zero-order chi connectivity index (χ0) is 25.3. The number of hydrogen-bond acceptors (Lipinski definition) is 4. The number of carbonyl (C=O) groups excluding carboxylic acids is 1. The zero-order valence-corrected chi connectivity index (χ0v) is 20.6. The van der Waals surface area contributed by atoms with Crippen LogP contribution in [0, 0.1) is 29.1 Å². The summed E-state index contributed by atoms with van der Waals surface area (Å²) in [6.45, 7) is 5.81. The number of nitrogens with zero attached hydrogens (tertiary/aromatic N) is 1. The summed E-state index contributed by atoms with van der Waals surface area (Å²) >= 11 is 1.00. The summed E-state index contributed by atoms with van der Waals surface area (Å²) in [5.41, 5.74) is -0.0281. The van der Waals surface area contributed by atoms with Gasteiger partial charge in [0.05, 0.1) is 22.6 Å². The maximum Gasteiger partial charge on any atom is 0.391 e. The van der Waals surface area contributed by atoms with Gasteiger partial charge in [0.15, 0.2) is 0 Å². The van der Waals surface area contributed by atoms with Gasteiger partial charge in [0, 0.05) is 17.4 Å². The van der Waals surface area contributed by atoms with Crippen molar-refractivity contribution >= 4 is 28.9 Å². The molecule has 0 aromatic carbocycles. The van der Waals surface area contributed by atoms with Crippen LogP contribution in [0.4, 0.5) is 18.9 Å². The number of alkyl halides is 3. The number of anilines is 1. The van der Waals surface area contributed by atoms with Crippen LogP contribution < -0.4 is 4.90 Å². The van der Waals surface area contributed by atoms with E-state index in [0.29, 0.717) is 30.6 Å². The first kappa shape index (κ1) is 26.6. The van der Waals surface area contributed by atoms with Gasteiger partial charge < -0.3 is 15.1 Å². The summed E-state index contributed by atoms with van der Waals surface area (Å²) in [7, 11) is 0. The lowest BCUT2D eigenvalue weighted by Gasteiger charge is -2.39. The molecular formula is C25H32F3NO4S. The molecule has 0 unspecified atom stereocenters. The highest BCUT2D eigenvalue weighted by atomic mass is 32.1. The zero-order valence-electron chi connectivity index (χ0n) is 19.7. The fraction of sp³-hybridized carbons (Fsp3) is 0.680. The van der Waals surface area contributed by atoms with Crippen LogP contribution in [0.25, 0.3) is 0 Å². The van der Waals surface area contributed by atoms with Crippen LogP contribution in [0.5, 0.6) is 0 Å². The number of hydrogen-bond donors (Lipinski definition) is 2. The third-order valence-corrected chi connectivity index (χ3v) is 7.56. The van der Waals surface area contributed by atoms with E-state index < -0.39 is 30.1 Å². The van der Waals surface area contributed by atoms with Crippen molar-refractivity contribution in [2.45, 2.75) is 90.5 Å². The maximum atomic E-state index is 13.7. The first-order valence-corrected chi connectivity index (χ1v) is 12.6. The molecule has 0 bridgehead atoms. The molecule has 5 nitrogen and oxygen atoms in total. The number of aromatic carboxylic acids is 1. The fourth-order valence-corrected chi connectivity index (χ4v) is 5.54. The molecule has 1 amide bonds. The van der Waals surface area contributed by atoms with Crippen LogP contribution in [-0.4, -0.2) is 40.4 Å². The summed E-state index contributed by atoms with van der Waals surface area (Å²) in [5, 5.41) is 19.8. The monoisotopic (exact) mass is 499 g/mol. The first-order chi connectivity index (χ1) is 15.8. The SMILES string of the molecule is CC(C)(C)C#Cc1cc(N(C(=O)C2CCC(C(F)(F)F)CC2)C2CCC(O)CC2)c(C(=O)O)s1. The summed E-state index contributed by atoms with van der Waals surface area (Å²) < 4.78 is 39.4. The van der Waals surface area contributed by atoms with Gasteiger partial charge in [-0.2, -0.15) is 13.2 Å². The van der Waals surface area contributed by atoms with Crippen molar-refractivity contribution in [3.8, 4) is 11.8 Å². The third-order valence-electron chi connectivity index (χ3n) is 6.54. The van der Waals surface area contributed by atoms with E-state index in [9.17, 15) is 33.0 Å². The minimum Gasteiger partial charge on any atom is -0.477 e. The molecule has 0 aliphatic heterocycles. The molecule has 0 saturated heterocycles. The van der Waals surface area contributed by atoms with Gasteiger partial charge in [-0.05, 0) is 78.2 Å². The Morgan fingerprint density at radius 2 is 1.62 bits per heavy atom. The Morgan fingerprint density at radius 3 is 2.12 bits per heavy atom. The summed E-state index contributed by atoms with van der Waals surface area (Å²) in [4.78, 5) is 27.8. The highest BCUT2D eigenvalue weighted by Crippen LogP contribution is 2.42. The van der Waals surface area contributed by atoms with E-state index in [2.05, 4.69) is 11.8 Å². The number of thiophene rings is 1. The van der Waals surface area contributed by atoms with E-state index >= 15 is 0 Å². The average molecular weight is 500 g/mol. The van der Waals surface area contributed by atoms with Gasteiger partial charge in [0.25, 0.3) is 0 Å². The van der Waals surface area contributed by atoms with Crippen LogP contribution in [0.1, 0.15) is 86.7 Å². The van der Waals surface area contributed by atoms with Gasteiger partial charge in [-0.15, -0.1) is 11.3 Å². The molecule has 1 aromatic heterocycles. The van der Waals surface area contributed by atoms with Crippen LogP contribution in [0.2, 0.25) is 0 Å². The molecule has 0 atom stereocenters. The lowest BCUT2D eigenvalue weighted by atomic mass is 9.80. The number of amides is 1. The van der Waals surface area contributed by atoms with Gasteiger partial charge in [-0.1, -0.05) is 11.8 Å². The fourth-order valence-electron chi connectivity index (χ4n) is 4.70. The smallest absolute Gasteiger partial charge is 0.391 e. The second kappa shape index (κ2) is 10.3. The number of halogens is 3. The molecule has 0 radical (unpaired) electrons. The lowest BCUT2D eigenvalue weighted by molar-refractivity contribution is -0.184. The third kappa shape index (κ3) is 6.54. The topological polar surface area (TPSA) is 77.8 Å². The van der Waals surface area contributed by atoms with Crippen molar-refractivity contribution in [3.05, 3.63) is 15.8 Å². The number of carbonyl (C=O) groups is 2. The molecule has 2 saturated carbocycles. The number of carboxylic acids is 1. The van der Waals surface area contributed by atoms with Crippen molar-refractivity contribution in [1.29, 1.82) is 0 Å². The number of aliphatic hydroxyl groups is 1. The van der Waals surface area contributed by atoms with Gasteiger partial charge in [0.2, 0.25) is 5.91 Å². The van der Waals surface area contributed by atoms with Crippen molar-refractivity contribution < 1.29 is 33.0 Å². The highest BCUT2D eigenvalue weighted by Gasteiger charge is 2.44. The molecule has 34 heavy (non-hydrogen) atoms. The van der Waals surface area contributed by atoms with Crippen molar-refractivity contribution in [3.63, 3.8) is 0 Å². The molecule has 2 fully saturated rings. The normalized spacial score (nSPS) is 25.9. The second-order valence-corrected chi connectivity index (χ2v) is 11.4. The van der Waals surface area contributed by atoms with Gasteiger partial charge in [-0.25, -0.2) is 4.79 Å². The number of carboxylic acid groups (broad SMARTS) is 1. The van der Waals surface area contributed by atoms with Gasteiger partial charge in [-0.3, -0.25) is 4.79 Å². The van der Waals surface area contributed by atoms with Gasteiger partial charge in [0.1, 0.15) is 4.88 Å². The minimum atomic E-state index is -4.27. The van der Waals surface area contributed by atoms with Crippen LogP contribution in [0.15, 0.2) is 6.07 Å². The largest absolute Gasteiger partial charge is 0.477 e. The predicted molar refractivity (Wildman–Crippen MR) is 125 cm³/mol. The Labute approximate surface area is 202 Å². The number of aliphatic hydroxyl groups excluding tert-OH is 1. The predicted octanol–water partition coefficient (Wildman–Crippen LogP) is 5.85. The average Bonchev–Trinajstić information content (AvgIpc) is 3.17. The van der Waals surface area contributed by atoms with E-state index in [-0.39, 0.29) is 53.6 Å². The summed E-state index contributed by atoms with van der Waals surface area (Å²) in [5.74, 6) is 2.61. The molecule has 9 heteroatoms. The van der Waals surface area contributed by atoms with Gasteiger partial charge >= 0.3 is 12.1 Å². The first-order valence-electron chi connectivity index (χ1n) is 11.7.